The highest BCUT2D eigenvalue weighted by molar-refractivity contribution is 5.71. The second-order valence-corrected chi connectivity index (χ2v) is 19.2. The van der Waals surface area contributed by atoms with Gasteiger partial charge in [0, 0.05) is 19.3 Å². The first-order valence-electron chi connectivity index (χ1n) is 29.1. The van der Waals surface area contributed by atoms with Crippen molar-refractivity contribution in [2.75, 3.05) is 13.2 Å². The Morgan fingerprint density at radius 2 is 0.536 bits per heavy atom. The Kier molecular flexibility index (Phi) is 54.3. The van der Waals surface area contributed by atoms with Gasteiger partial charge in [-0.1, -0.05) is 247 Å². The number of ether oxygens (including phenoxy) is 3. The zero-order valence-electron chi connectivity index (χ0n) is 45.3. The lowest BCUT2D eigenvalue weighted by Crippen LogP contribution is -2.30. The smallest absolute Gasteiger partial charge is 0.306 e. The van der Waals surface area contributed by atoms with Crippen LogP contribution in [-0.2, 0) is 28.6 Å². The fourth-order valence-corrected chi connectivity index (χ4v) is 7.97. The maximum absolute atomic E-state index is 12.8. The molecule has 0 saturated heterocycles. The average Bonchev–Trinajstić information content (AvgIpc) is 3.35. The highest BCUT2D eigenvalue weighted by Gasteiger charge is 2.19. The summed E-state index contributed by atoms with van der Waals surface area (Å²) in [5.74, 6) is -0.983. The second kappa shape index (κ2) is 57.2. The van der Waals surface area contributed by atoms with Crippen molar-refractivity contribution in [2.45, 2.75) is 284 Å². The quantitative estimate of drug-likeness (QED) is 0.0262. The molecule has 0 unspecified atom stereocenters. The Morgan fingerprint density at radius 3 is 0.899 bits per heavy atom. The fraction of sp³-hybridized carbons (Fsp3) is 0.730. The van der Waals surface area contributed by atoms with Crippen molar-refractivity contribution in [1.29, 1.82) is 0 Å². The molecule has 0 aromatic heterocycles. The molecule has 0 aromatic rings. The molecular formula is C63H108O6. The molecule has 0 heterocycles. The first-order chi connectivity index (χ1) is 34.0. The van der Waals surface area contributed by atoms with E-state index in [9.17, 15) is 14.4 Å². The summed E-state index contributed by atoms with van der Waals surface area (Å²) >= 11 is 0. The van der Waals surface area contributed by atoms with Gasteiger partial charge in [-0.3, -0.25) is 14.4 Å². The molecule has 0 aliphatic carbocycles. The third-order valence-corrected chi connectivity index (χ3v) is 12.4. The maximum atomic E-state index is 12.8. The predicted octanol–water partition coefficient (Wildman–Crippen LogP) is 19.5. The highest BCUT2D eigenvalue weighted by atomic mass is 16.6. The largest absolute Gasteiger partial charge is 0.462 e. The summed E-state index contributed by atoms with van der Waals surface area (Å²) in [5, 5.41) is 0. The molecule has 1 atom stereocenters. The number of unbranched alkanes of at least 4 members (excludes halogenated alkanes) is 27. The summed E-state index contributed by atoms with van der Waals surface area (Å²) in [7, 11) is 0. The summed E-state index contributed by atoms with van der Waals surface area (Å²) in [6, 6.07) is 0. The molecule has 0 radical (unpaired) electrons. The summed E-state index contributed by atoms with van der Waals surface area (Å²) in [6.07, 6.45) is 74.3. The van der Waals surface area contributed by atoms with Crippen molar-refractivity contribution in [2.24, 2.45) is 0 Å². The number of carbonyl (C=O) groups excluding carboxylic acids is 3. The average molecular weight is 962 g/mol. The van der Waals surface area contributed by atoms with Gasteiger partial charge in [0.25, 0.3) is 0 Å². The number of rotatable bonds is 52. The van der Waals surface area contributed by atoms with Crippen molar-refractivity contribution >= 4 is 17.9 Å². The maximum Gasteiger partial charge on any atom is 0.306 e. The van der Waals surface area contributed by atoms with Gasteiger partial charge in [0.2, 0.25) is 0 Å². The van der Waals surface area contributed by atoms with Gasteiger partial charge < -0.3 is 14.2 Å². The predicted molar refractivity (Wildman–Crippen MR) is 297 cm³/mol. The van der Waals surface area contributed by atoms with Crippen molar-refractivity contribution in [3.05, 3.63) is 85.1 Å². The molecule has 0 aliphatic rings. The van der Waals surface area contributed by atoms with Crippen LogP contribution in [0, 0.1) is 0 Å². The van der Waals surface area contributed by atoms with E-state index in [0.29, 0.717) is 19.3 Å². The molecule has 0 amide bonds. The van der Waals surface area contributed by atoms with E-state index in [2.05, 4.69) is 106 Å². The number of carbonyl (C=O) groups is 3. The Bertz CT molecular complexity index is 1330. The van der Waals surface area contributed by atoms with Crippen LogP contribution >= 0.6 is 0 Å². The summed E-state index contributed by atoms with van der Waals surface area (Å²) in [6.45, 7) is 6.55. The lowest BCUT2D eigenvalue weighted by atomic mass is 10.0. The molecule has 396 valence electrons. The van der Waals surface area contributed by atoms with Crippen LogP contribution in [0.25, 0.3) is 0 Å². The number of allylic oxidation sites excluding steroid dienone is 14. The van der Waals surface area contributed by atoms with E-state index in [0.717, 1.165) is 83.5 Å². The zero-order chi connectivity index (χ0) is 50.0. The lowest BCUT2D eigenvalue weighted by Gasteiger charge is -2.18. The van der Waals surface area contributed by atoms with E-state index in [-0.39, 0.29) is 37.5 Å². The van der Waals surface area contributed by atoms with Crippen molar-refractivity contribution in [3.63, 3.8) is 0 Å². The van der Waals surface area contributed by atoms with E-state index in [1.165, 1.54) is 148 Å². The van der Waals surface area contributed by atoms with Gasteiger partial charge in [0.15, 0.2) is 6.10 Å². The van der Waals surface area contributed by atoms with Crippen molar-refractivity contribution in [1.82, 2.24) is 0 Å². The van der Waals surface area contributed by atoms with Gasteiger partial charge in [0.05, 0.1) is 0 Å². The van der Waals surface area contributed by atoms with Crippen LogP contribution in [0.5, 0.6) is 0 Å². The Labute approximate surface area is 426 Å². The molecule has 0 rings (SSSR count). The molecule has 69 heavy (non-hydrogen) atoms. The molecule has 0 aliphatic heterocycles. The third kappa shape index (κ3) is 55.4. The molecule has 0 aromatic carbocycles. The SMILES string of the molecule is CCCCC/C=C\C/C=C\C/C=C\C/C=C\CCCCCC(=O)OC[C@H](COC(=O)CCCCCCCCCCCCCCCCC)OC(=O)CCC/C=C\C/C=C\C/C=C\CCCCCCCC. The van der Waals surface area contributed by atoms with Crippen LogP contribution in [0.2, 0.25) is 0 Å². The molecule has 6 heteroatoms. The Morgan fingerprint density at radius 1 is 0.290 bits per heavy atom. The van der Waals surface area contributed by atoms with E-state index < -0.39 is 6.10 Å². The van der Waals surface area contributed by atoms with Crippen LogP contribution in [0.4, 0.5) is 0 Å². The normalized spacial score (nSPS) is 12.7. The number of esters is 3. The van der Waals surface area contributed by atoms with Crippen LogP contribution in [-0.4, -0.2) is 37.2 Å². The molecular weight excluding hydrogens is 853 g/mol. The number of hydrogen-bond acceptors (Lipinski definition) is 6. The molecule has 0 fully saturated rings. The number of hydrogen-bond donors (Lipinski definition) is 0. The zero-order valence-corrected chi connectivity index (χ0v) is 45.3. The molecule has 0 N–H and O–H groups in total. The van der Waals surface area contributed by atoms with Gasteiger partial charge in [-0.25, -0.2) is 0 Å². The second-order valence-electron chi connectivity index (χ2n) is 19.2. The standard InChI is InChI=1S/C63H108O6/c1-4-7-10-13-16-19-22-25-28-30-31-33-35-38-41-44-47-50-53-56-62(65)68-59-60(58-67-61(64)55-52-49-46-43-40-37-34-27-24-21-18-15-12-9-6-3)69-63(66)57-54-51-48-45-42-39-36-32-29-26-23-20-17-14-11-8-5-2/h16,19,25-26,28-29,31,33,36,38-39,41,45,48,60H,4-15,17-18,20-24,27,30,32,34-35,37,40,42-44,46-47,49-59H2,1-3H3/b19-16-,28-25-,29-26-,33-31-,39-36-,41-38-,48-45-/t60-/m0/s1. The van der Waals surface area contributed by atoms with Gasteiger partial charge in [0.1, 0.15) is 13.2 Å². The van der Waals surface area contributed by atoms with Crippen LogP contribution in [0.15, 0.2) is 85.1 Å². The van der Waals surface area contributed by atoms with Gasteiger partial charge in [-0.2, -0.15) is 0 Å². The first-order valence-corrected chi connectivity index (χ1v) is 29.1. The Balaban J connectivity index is 4.51. The van der Waals surface area contributed by atoms with E-state index >= 15 is 0 Å². The molecule has 0 spiro atoms. The van der Waals surface area contributed by atoms with Crippen LogP contribution in [0.1, 0.15) is 278 Å². The van der Waals surface area contributed by atoms with Gasteiger partial charge in [-0.05, 0) is 96.3 Å². The minimum atomic E-state index is -0.815. The fourth-order valence-electron chi connectivity index (χ4n) is 7.97. The molecule has 0 bridgehead atoms. The lowest BCUT2D eigenvalue weighted by molar-refractivity contribution is -0.167. The minimum Gasteiger partial charge on any atom is -0.462 e. The topological polar surface area (TPSA) is 78.9 Å². The molecule has 6 nitrogen and oxygen atoms in total. The van der Waals surface area contributed by atoms with Crippen molar-refractivity contribution in [3.8, 4) is 0 Å². The first kappa shape index (κ1) is 65.6. The van der Waals surface area contributed by atoms with Crippen LogP contribution < -0.4 is 0 Å². The van der Waals surface area contributed by atoms with E-state index in [1.807, 2.05) is 0 Å². The van der Waals surface area contributed by atoms with Gasteiger partial charge >= 0.3 is 17.9 Å². The summed E-state index contributed by atoms with van der Waals surface area (Å²) in [4.78, 5) is 38.1. The van der Waals surface area contributed by atoms with Crippen molar-refractivity contribution < 1.29 is 28.6 Å². The van der Waals surface area contributed by atoms with E-state index in [1.54, 1.807) is 0 Å². The molecule has 0 saturated carbocycles. The minimum absolute atomic E-state index is 0.105. The summed E-state index contributed by atoms with van der Waals surface area (Å²) < 4.78 is 16.8. The monoisotopic (exact) mass is 961 g/mol. The van der Waals surface area contributed by atoms with Crippen LogP contribution in [0.3, 0.4) is 0 Å². The third-order valence-electron chi connectivity index (χ3n) is 12.4. The Hall–Kier alpha value is -3.41. The van der Waals surface area contributed by atoms with E-state index in [4.69, 9.17) is 14.2 Å². The van der Waals surface area contributed by atoms with Gasteiger partial charge in [-0.15, -0.1) is 0 Å². The summed E-state index contributed by atoms with van der Waals surface area (Å²) in [5.41, 5.74) is 0. The highest BCUT2D eigenvalue weighted by Crippen LogP contribution is 2.15.